The van der Waals surface area contributed by atoms with Gasteiger partial charge in [0.1, 0.15) is 11.6 Å². The van der Waals surface area contributed by atoms with E-state index in [0.717, 1.165) is 5.56 Å². The number of benzene rings is 1. The molecule has 1 aromatic rings. The third-order valence-electron chi connectivity index (χ3n) is 2.69. The number of ketones is 1. The van der Waals surface area contributed by atoms with Crippen molar-refractivity contribution in [2.45, 2.75) is 25.8 Å². The maximum atomic E-state index is 12.8. The number of nitrogens with zero attached hydrogens (tertiary/aromatic N) is 1. The van der Waals surface area contributed by atoms with Crippen LogP contribution < -0.4 is 0 Å². The molecule has 0 heterocycles. The van der Waals surface area contributed by atoms with Gasteiger partial charge in [0.2, 0.25) is 0 Å². The normalized spacial score (nSPS) is 12.8. The number of carbonyl (C=O) groups is 1. The first kappa shape index (κ1) is 12.8. The number of hydrogen-bond acceptors (Lipinski definition) is 2. The minimum absolute atomic E-state index is 0.0352. The van der Waals surface area contributed by atoms with Crippen LogP contribution in [-0.2, 0) is 4.79 Å². The van der Waals surface area contributed by atoms with Crippen LogP contribution in [0.15, 0.2) is 24.3 Å². The third kappa shape index (κ3) is 3.42. The molecule has 0 N–H and O–H groups in total. The Balaban J connectivity index is 2.85. The Morgan fingerprint density at radius 1 is 1.31 bits per heavy atom. The van der Waals surface area contributed by atoms with Crippen LogP contribution in [0.25, 0.3) is 0 Å². The highest BCUT2D eigenvalue weighted by atomic mass is 19.1. The summed E-state index contributed by atoms with van der Waals surface area (Å²) in [5.74, 6) is -0.0221. The molecule has 1 atom stereocenters. The number of rotatable bonds is 5. The summed E-state index contributed by atoms with van der Waals surface area (Å²) >= 11 is 0. The van der Waals surface area contributed by atoms with Crippen LogP contribution >= 0.6 is 0 Å². The van der Waals surface area contributed by atoms with Crippen molar-refractivity contribution in [2.75, 3.05) is 14.1 Å². The largest absolute Gasteiger partial charge is 0.302 e. The van der Waals surface area contributed by atoms with Gasteiger partial charge in [-0.3, -0.25) is 4.79 Å². The molecule has 0 saturated heterocycles. The monoisotopic (exact) mass is 223 g/mol. The zero-order valence-corrected chi connectivity index (χ0v) is 10.0. The molecule has 0 aliphatic carbocycles. The van der Waals surface area contributed by atoms with E-state index in [1.165, 1.54) is 12.1 Å². The first-order chi connectivity index (χ1) is 7.54. The van der Waals surface area contributed by atoms with Crippen LogP contribution in [0.2, 0.25) is 0 Å². The molecule has 0 amide bonds. The van der Waals surface area contributed by atoms with Crippen molar-refractivity contribution in [3.05, 3.63) is 35.6 Å². The van der Waals surface area contributed by atoms with Gasteiger partial charge in [0.25, 0.3) is 0 Å². The van der Waals surface area contributed by atoms with E-state index in [-0.39, 0.29) is 17.6 Å². The van der Waals surface area contributed by atoms with Crippen LogP contribution in [0.4, 0.5) is 4.39 Å². The minimum Gasteiger partial charge on any atom is -0.302 e. The average Bonchev–Trinajstić information content (AvgIpc) is 2.26. The van der Waals surface area contributed by atoms with E-state index in [1.54, 1.807) is 12.1 Å². The lowest BCUT2D eigenvalue weighted by Gasteiger charge is -2.24. The van der Waals surface area contributed by atoms with Gasteiger partial charge in [0, 0.05) is 18.9 Å². The zero-order chi connectivity index (χ0) is 12.1. The second kappa shape index (κ2) is 5.75. The van der Waals surface area contributed by atoms with E-state index in [1.807, 2.05) is 25.9 Å². The summed E-state index contributed by atoms with van der Waals surface area (Å²) in [7, 11) is 3.86. The molecule has 0 radical (unpaired) electrons. The molecule has 0 saturated carbocycles. The summed E-state index contributed by atoms with van der Waals surface area (Å²) in [6.45, 7) is 1.86. The fraction of sp³-hybridized carbons (Fsp3) is 0.462. The summed E-state index contributed by atoms with van der Waals surface area (Å²) in [6, 6.07) is 6.38. The Labute approximate surface area is 96.1 Å². The van der Waals surface area contributed by atoms with Gasteiger partial charge in [0.05, 0.1) is 0 Å². The molecule has 0 fully saturated rings. The van der Waals surface area contributed by atoms with Crippen LogP contribution in [0.1, 0.15) is 31.4 Å². The molecule has 88 valence electrons. The van der Waals surface area contributed by atoms with Gasteiger partial charge in [-0.25, -0.2) is 4.39 Å². The molecule has 16 heavy (non-hydrogen) atoms. The van der Waals surface area contributed by atoms with Crippen molar-refractivity contribution in [1.82, 2.24) is 4.90 Å². The molecule has 0 spiro atoms. The predicted octanol–water partition coefficient (Wildman–Crippen LogP) is 2.80. The summed E-state index contributed by atoms with van der Waals surface area (Å²) in [6.07, 6.45) is 1.03. The van der Waals surface area contributed by atoms with E-state index < -0.39 is 0 Å². The molecule has 0 aliphatic rings. The van der Waals surface area contributed by atoms with Crippen LogP contribution in [0, 0.1) is 5.82 Å². The van der Waals surface area contributed by atoms with Gasteiger partial charge in [-0.05, 0) is 31.8 Å². The number of carbonyl (C=O) groups excluding carboxylic acids is 1. The Hall–Kier alpha value is -1.22. The smallest absolute Gasteiger partial charge is 0.134 e. The van der Waals surface area contributed by atoms with E-state index in [2.05, 4.69) is 0 Å². The maximum Gasteiger partial charge on any atom is 0.134 e. The van der Waals surface area contributed by atoms with Crippen molar-refractivity contribution >= 4 is 5.78 Å². The SMILES string of the molecule is CCC(=O)CC(c1ccc(F)cc1)N(C)C. The van der Waals surface area contributed by atoms with Crippen molar-refractivity contribution in [1.29, 1.82) is 0 Å². The topological polar surface area (TPSA) is 20.3 Å². The summed E-state index contributed by atoms with van der Waals surface area (Å²) < 4.78 is 12.8. The van der Waals surface area contributed by atoms with Crippen LogP contribution in [0.3, 0.4) is 0 Å². The van der Waals surface area contributed by atoms with E-state index >= 15 is 0 Å². The lowest BCUT2D eigenvalue weighted by atomic mass is 9.99. The van der Waals surface area contributed by atoms with E-state index in [4.69, 9.17) is 0 Å². The fourth-order valence-electron chi connectivity index (χ4n) is 1.64. The molecule has 2 nitrogen and oxygen atoms in total. The first-order valence-corrected chi connectivity index (χ1v) is 5.48. The molecular formula is C13H18FNO. The van der Waals surface area contributed by atoms with Gasteiger partial charge in [-0.15, -0.1) is 0 Å². The Morgan fingerprint density at radius 2 is 1.88 bits per heavy atom. The predicted molar refractivity (Wildman–Crippen MR) is 62.7 cm³/mol. The Kier molecular flexibility index (Phi) is 4.62. The van der Waals surface area contributed by atoms with Gasteiger partial charge in [-0.1, -0.05) is 19.1 Å². The zero-order valence-electron chi connectivity index (χ0n) is 10.0. The summed E-state index contributed by atoms with van der Waals surface area (Å²) in [5, 5.41) is 0. The molecule has 0 aromatic heterocycles. The lowest BCUT2D eigenvalue weighted by molar-refractivity contribution is -0.119. The second-order valence-electron chi connectivity index (χ2n) is 4.13. The molecule has 0 aliphatic heterocycles. The standard InChI is InChI=1S/C13H18FNO/c1-4-12(16)9-13(15(2)3)10-5-7-11(14)8-6-10/h5-8,13H,4,9H2,1-3H3. The molecule has 3 heteroatoms. The quantitative estimate of drug-likeness (QED) is 0.765. The highest BCUT2D eigenvalue weighted by molar-refractivity contribution is 5.78. The average molecular weight is 223 g/mol. The molecule has 0 bridgehead atoms. The van der Waals surface area contributed by atoms with Gasteiger partial charge in [0.15, 0.2) is 0 Å². The van der Waals surface area contributed by atoms with Crippen molar-refractivity contribution in [2.24, 2.45) is 0 Å². The Morgan fingerprint density at radius 3 is 2.31 bits per heavy atom. The summed E-state index contributed by atoms with van der Waals surface area (Å²) in [4.78, 5) is 13.5. The van der Waals surface area contributed by atoms with Crippen molar-refractivity contribution < 1.29 is 9.18 Å². The van der Waals surface area contributed by atoms with Crippen molar-refractivity contribution in [3.8, 4) is 0 Å². The van der Waals surface area contributed by atoms with Gasteiger partial charge in [-0.2, -0.15) is 0 Å². The lowest BCUT2D eigenvalue weighted by Crippen LogP contribution is -2.22. The Bertz CT molecular complexity index is 345. The minimum atomic E-state index is -0.247. The fourth-order valence-corrected chi connectivity index (χ4v) is 1.64. The number of Topliss-reactive ketones (excluding diaryl/α,β-unsaturated/α-hetero) is 1. The molecular weight excluding hydrogens is 205 g/mol. The van der Waals surface area contributed by atoms with E-state index in [0.29, 0.717) is 12.8 Å². The third-order valence-corrected chi connectivity index (χ3v) is 2.69. The van der Waals surface area contributed by atoms with Gasteiger partial charge < -0.3 is 4.90 Å². The van der Waals surface area contributed by atoms with Crippen LogP contribution in [-0.4, -0.2) is 24.8 Å². The summed E-state index contributed by atoms with van der Waals surface area (Å²) in [5.41, 5.74) is 0.980. The number of hydrogen-bond donors (Lipinski definition) is 0. The molecule has 1 unspecified atom stereocenters. The molecule has 1 rings (SSSR count). The first-order valence-electron chi connectivity index (χ1n) is 5.48. The highest BCUT2D eigenvalue weighted by Crippen LogP contribution is 2.22. The maximum absolute atomic E-state index is 12.8. The van der Waals surface area contributed by atoms with Crippen molar-refractivity contribution in [3.63, 3.8) is 0 Å². The second-order valence-corrected chi connectivity index (χ2v) is 4.13. The van der Waals surface area contributed by atoms with Crippen LogP contribution in [0.5, 0.6) is 0 Å². The van der Waals surface area contributed by atoms with Gasteiger partial charge >= 0.3 is 0 Å². The van der Waals surface area contributed by atoms with E-state index in [9.17, 15) is 9.18 Å². The molecule has 1 aromatic carbocycles. The number of halogens is 1. The highest BCUT2D eigenvalue weighted by Gasteiger charge is 2.17.